The summed E-state index contributed by atoms with van der Waals surface area (Å²) < 4.78 is 19.7. The molecule has 21 heavy (non-hydrogen) atoms. The van der Waals surface area contributed by atoms with Crippen molar-refractivity contribution in [1.82, 2.24) is 0 Å². The Morgan fingerprint density at radius 1 is 1.14 bits per heavy atom. The zero-order valence-electron chi connectivity index (χ0n) is 12.1. The fourth-order valence-electron chi connectivity index (χ4n) is 2.32. The van der Waals surface area contributed by atoms with Crippen molar-refractivity contribution >= 4 is 15.9 Å². The fourth-order valence-corrected chi connectivity index (χ4v) is 2.65. The second-order valence-corrected chi connectivity index (χ2v) is 6.35. The number of rotatable bonds is 5. The lowest BCUT2D eigenvalue weighted by Gasteiger charge is -2.24. The van der Waals surface area contributed by atoms with E-state index in [1.807, 2.05) is 24.3 Å². The summed E-state index contributed by atoms with van der Waals surface area (Å²) in [6.45, 7) is 1.72. The minimum atomic E-state index is -1.01. The topological polar surface area (TPSA) is 29.5 Å². The molecular weight excluding hydrogens is 335 g/mol. The van der Waals surface area contributed by atoms with Crippen molar-refractivity contribution < 1.29 is 14.2 Å². The van der Waals surface area contributed by atoms with E-state index >= 15 is 0 Å². The largest absolute Gasteiger partial charge is 0.497 e. The molecule has 0 aromatic heterocycles. The van der Waals surface area contributed by atoms with Gasteiger partial charge in [-0.3, -0.25) is 0 Å². The lowest BCUT2D eigenvalue weighted by molar-refractivity contribution is 0.0599. The Kier molecular flexibility index (Phi) is 5.01. The molecular formula is C17H18BrFO2. The van der Waals surface area contributed by atoms with Crippen molar-refractivity contribution in [3.05, 3.63) is 63.9 Å². The van der Waals surface area contributed by atoms with Crippen molar-refractivity contribution in [3.8, 4) is 5.75 Å². The smallest absolute Gasteiger partial charge is 0.127 e. The van der Waals surface area contributed by atoms with Crippen LogP contribution in [-0.2, 0) is 12.8 Å². The lowest BCUT2D eigenvalue weighted by Crippen LogP contribution is -2.30. The van der Waals surface area contributed by atoms with Gasteiger partial charge < -0.3 is 9.84 Å². The number of ether oxygens (including phenoxy) is 1. The third-order valence-electron chi connectivity index (χ3n) is 3.33. The summed E-state index contributed by atoms with van der Waals surface area (Å²) in [5, 5.41) is 10.5. The summed E-state index contributed by atoms with van der Waals surface area (Å²) >= 11 is 3.23. The number of hydrogen-bond donors (Lipinski definition) is 1. The summed E-state index contributed by atoms with van der Waals surface area (Å²) in [5.41, 5.74) is 0.485. The van der Waals surface area contributed by atoms with Crippen molar-refractivity contribution in [3.63, 3.8) is 0 Å². The molecule has 2 rings (SSSR count). The normalized spacial score (nSPS) is 13.8. The highest BCUT2D eigenvalue weighted by Gasteiger charge is 2.23. The van der Waals surface area contributed by atoms with Crippen LogP contribution in [0.15, 0.2) is 46.9 Å². The second-order valence-electron chi connectivity index (χ2n) is 5.43. The number of methoxy groups -OCH3 is 1. The van der Waals surface area contributed by atoms with Gasteiger partial charge >= 0.3 is 0 Å². The number of benzene rings is 2. The van der Waals surface area contributed by atoms with E-state index in [0.29, 0.717) is 16.5 Å². The first-order chi connectivity index (χ1) is 9.89. The zero-order chi connectivity index (χ0) is 15.5. The number of hydrogen-bond acceptors (Lipinski definition) is 2. The van der Waals surface area contributed by atoms with Gasteiger partial charge in [-0.2, -0.15) is 0 Å². The van der Waals surface area contributed by atoms with Gasteiger partial charge in [0.05, 0.1) is 12.7 Å². The van der Waals surface area contributed by atoms with Gasteiger partial charge in [0.2, 0.25) is 0 Å². The molecule has 0 amide bonds. The molecule has 0 bridgehead atoms. The molecule has 2 aromatic carbocycles. The van der Waals surface area contributed by atoms with Crippen LogP contribution in [0.25, 0.3) is 0 Å². The molecule has 1 atom stereocenters. The van der Waals surface area contributed by atoms with E-state index in [0.717, 1.165) is 11.3 Å². The molecule has 0 fully saturated rings. The Morgan fingerprint density at radius 3 is 2.38 bits per heavy atom. The highest BCUT2D eigenvalue weighted by Crippen LogP contribution is 2.23. The molecule has 0 saturated carbocycles. The average Bonchev–Trinajstić information content (AvgIpc) is 2.42. The van der Waals surface area contributed by atoms with E-state index in [1.54, 1.807) is 26.2 Å². The van der Waals surface area contributed by atoms with Gasteiger partial charge in [0.25, 0.3) is 0 Å². The second kappa shape index (κ2) is 6.58. The Labute approximate surface area is 132 Å². The molecule has 2 aromatic rings. The molecule has 0 saturated heterocycles. The minimum absolute atomic E-state index is 0.262. The predicted octanol–water partition coefficient (Wildman–Crippen LogP) is 4.13. The van der Waals surface area contributed by atoms with E-state index in [4.69, 9.17) is 4.74 Å². The van der Waals surface area contributed by atoms with E-state index in [9.17, 15) is 9.50 Å². The molecule has 0 aliphatic rings. The third-order valence-corrected chi connectivity index (χ3v) is 3.82. The van der Waals surface area contributed by atoms with Gasteiger partial charge in [-0.1, -0.05) is 34.1 Å². The first-order valence-electron chi connectivity index (χ1n) is 6.69. The SMILES string of the molecule is COc1ccc(CC(C)(O)Cc2ccc(Br)cc2F)cc1. The van der Waals surface area contributed by atoms with Crippen LogP contribution in [0.4, 0.5) is 4.39 Å². The van der Waals surface area contributed by atoms with Crippen molar-refractivity contribution in [2.45, 2.75) is 25.4 Å². The highest BCUT2D eigenvalue weighted by molar-refractivity contribution is 9.10. The van der Waals surface area contributed by atoms with Gasteiger partial charge in [-0.15, -0.1) is 0 Å². The standard InChI is InChI=1S/C17H18BrFO2/c1-17(20,10-12-3-7-15(21-2)8-4-12)11-13-5-6-14(18)9-16(13)19/h3-9,20H,10-11H2,1-2H3. The molecule has 0 spiro atoms. The lowest BCUT2D eigenvalue weighted by atomic mass is 9.89. The molecule has 0 radical (unpaired) electrons. The first-order valence-corrected chi connectivity index (χ1v) is 7.48. The van der Waals surface area contributed by atoms with E-state index in [1.165, 1.54) is 6.07 Å². The van der Waals surface area contributed by atoms with Gasteiger partial charge in [0.15, 0.2) is 0 Å². The van der Waals surface area contributed by atoms with E-state index < -0.39 is 5.60 Å². The Hall–Kier alpha value is -1.39. The monoisotopic (exact) mass is 352 g/mol. The fraction of sp³-hybridized carbons (Fsp3) is 0.294. The maximum Gasteiger partial charge on any atom is 0.127 e. The Bertz CT molecular complexity index is 609. The van der Waals surface area contributed by atoms with Crippen LogP contribution in [0.2, 0.25) is 0 Å². The van der Waals surface area contributed by atoms with Crippen LogP contribution in [0, 0.1) is 5.82 Å². The number of aliphatic hydroxyl groups is 1. The maximum absolute atomic E-state index is 13.9. The number of halogens is 2. The first kappa shape index (κ1) is 16.0. The third kappa shape index (κ3) is 4.55. The molecule has 0 aliphatic carbocycles. The van der Waals surface area contributed by atoms with Gasteiger partial charge in [-0.25, -0.2) is 4.39 Å². The van der Waals surface area contributed by atoms with Gasteiger partial charge in [0, 0.05) is 17.3 Å². The average molecular weight is 353 g/mol. The molecule has 4 heteroatoms. The van der Waals surface area contributed by atoms with Crippen LogP contribution in [0.1, 0.15) is 18.1 Å². The zero-order valence-corrected chi connectivity index (χ0v) is 13.7. The molecule has 0 aliphatic heterocycles. The maximum atomic E-state index is 13.9. The highest BCUT2D eigenvalue weighted by atomic mass is 79.9. The Balaban J connectivity index is 2.10. The summed E-state index contributed by atoms with van der Waals surface area (Å²) in [5.74, 6) is 0.469. The van der Waals surface area contributed by atoms with Crippen molar-refractivity contribution in [2.75, 3.05) is 7.11 Å². The summed E-state index contributed by atoms with van der Waals surface area (Å²) in [6, 6.07) is 12.4. The summed E-state index contributed by atoms with van der Waals surface area (Å²) in [6.07, 6.45) is 0.713. The van der Waals surface area contributed by atoms with Crippen LogP contribution in [-0.4, -0.2) is 17.8 Å². The van der Waals surface area contributed by atoms with Crippen LogP contribution < -0.4 is 4.74 Å². The molecule has 112 valence electrons. The summed E-state index contributed by atoms with van der Waals surface area (Å²) in [4.78, 5) is 0. The van der Waals surface area contributed by atoms with Crippen molar-refractivity contribution in [1.29, 1.82) is 0 Å². The van der Waals surface area contributed by atoms with Crippen molar-refractivity contribution in [2.24, 2.45) is 0 Å². The quantitative estimate of drug-likeness (QED) is 0.876. The molecule has 0 heterocycles. The molecule has 1 unspecified atom stereocenters. The summed E-state index contributed by atoms with van der Waals surface area (Å²) in [7, 11) is 1.61. The predicted molar refractivity (Wildman–Crippen MR) is 85.1 cm³/mol. The molecule has 1 N–H and O–H groups in total. The van der Waals surface area contributed by atoms with Crippen LogP contribution >= 0.6 is 15.9 Å². The van der Waals surface area contributed by atoms with Gasteiger partial charge in [0.1, 0.15) is 11.6 Å². The minimum Gasteiger partial charge on any atom is -0.497 e. The van der Waals surface area contributed by atoms with Crippen LogP contribution in [0.5, 0.6) is 5.75 Å². The van der Waals surface area contributed by atoms with E-state index in [2.05, 4.69) is 15.9 Å². The molecule has 2 nitrogen and oxygen atoms in total. The Morgan fingerprint density at radius 2 is 1.81 bits per heavy atom. The van der Waals surface area contributed by atoms with Gasteiger partial charge in [-0.05, 0) is 42.3 Å². The van der Waals surface area contributed by atoms with Crippen LogP contribution in [0.3, 0.4) is 0 Å². The van der Waals surface area contributed by atoms with E-state index in [-0.39, 0.29) is 12.2 Å².